The molecule has 3 aliphatic heterocycles. The Morgan fingerprint density at radius 2 is 1.69 bits per heavy atom. The van der Waals surface area contributed by atoms with Crippen molar-refractivity contribution >= 4 is 29.3 Å². The number of nitrogens with zero attached hydrogens (tertiary/aromatic N) is 3. The average Bonchev–Trinajstić information content (AvgIpc) is 3.45. The van der Waals surface area contributed by atoms with Crippen LogP contribution >= 0.6 is 0 Å². The lowest BCUT2D eigenvalue weighted by Gasteiger charge is -2.32. The number of fused-ring (bicyclic) bond motifs is 1. The lowest BCUT2D eigenvalue weighted by atomic mass is 9.87. The minimum atomic E-state index is -3.04. The van der Waals surface area contributed by atoms with E-state index >= 15 is 4.39 Å². The molecule has 6 rings (SSSR count). The number of alkyl halides is 2. The van der Waals surface area contributed by atoms with Crippen molar-refractivity contribution in [2.24, 2.45) is 0 Å². The van der Waals surface area contributed by atoms with Gasteiger partial charge in [-0.15, -0.1) is 0 Å². The molecule has 0 radical (unpaired) electrons. The highest BCUT2D eigenvalue weighted by molar-refractivity contribution is 6.06. The number of likely N-dealkylation sites (tertiary alicyclic amines) is 1. The lowest BCUT2D eigenvalue weighted by Crippen LogP contribution is -2.52. The van der Waals surface area contributed by atoms with Gasteiger partial charge in [-0.3, -0.25) is 29.5 Å². The van der Waals surface area contributed by atoms with Crippen LogP contribution in [0.2, 0.25) is 0 Å². The van der Waals surface area contributed by atoms with Crippen LogP contribution in [0, 0.1) is 19.7 Å². The molecule has 0 bridgehead atoms. The Hall–Kier alpha value is -4.98. The van der Waals surface area contributed by atoms with Crippen LogP contribution in [-0.2, 0) is 16.1 Å². The van der Waals surface area contributed by atoms with Crippen LogP contribution in [0.5, 0.6) is 11.5 Å². The molecule has 1 aromatic heterocycles. The van der Waals surface area contributed by atoms with Gasteiger partial charge in [0, 0.05) is 42.2 Å². The minimum absolute atomic E-state index is 0.0443. The number of hydrogen-bond donors (Lipinski definition) is 2. The van der Waals surface area contributed by atoms with Crippen LogP contribution in [0.3, 0.4) is 0 Å². The molecule has 2 saturated heterocycles. The van der Waals surface area contributed by atoms with Crippen LogP contribution in [0.15, 0.2) is 42.7 Å². The van der Waals surface area contributed by atoms with Gasteiger partial charge in [0.25, 0.3) is 11.8 Å². The standard InChI is InChI=1S/C40H46F3N5O6/c1-24-21-44-22-25(2)36(24)46-37(50)27-8-10-33(54-40(42)43)34(19-27)53-17-7-5-3-4-6-14-47-15-12-26(13-16-47)29-18-28-23-48(39(52)30(28)20-31(29)41)32-9-11-35(49)45-38(32)51/h8,10,18-22,26,32,40H,3-7,9,11-17,23H2,1-2H3,(H,44,46,50)(H,45,49,51). The summed E-state index contributed by atoms with van der Waals surface area (Å²) >= 11 is 0. The van der Waals surface area contributed by atoms with Crippen LogP contribution in [0.1, 0.15) is 107 Å². The van der Waals surface area contributed by atoms with E-state index in [1.54, 1.807) is 18.5 Å². The second-order valence-corrected chi connectivity index (χ2v) is 14.3. The van der Waals surface area contributed by atoms with Crippen molar-refractivity contribution in [1.29, 1.82) is 0 Å². The van der Waals surface area contributed by atoms with Crippen molar-refractivity contribution in [3.63, 3.8) is 0 Å². The molecule has 54 heavy (non-hydrogen) atoms. The molecule has 2 fully saturated rings. The molecule has 14 heteroatoms. The number of carbonyl (C=O) groups excluding carboxylic acids is 4. The summed E-state index contributed by atoms with van der Waals surface area (Å²) in [5, 5.41) is 5.16. The van der Waals surface area contributed by atoms with E-state index in [0.717, 1.165) is 74.8 Å². The summed E-state index contributed by atoms with van der Waals surface area (Å²) in [5.41, 5.74) is 4.12. The third-order valence-electron chi connectivity index (χ3n) is 10.5. The predicted molar refractivity (Wildman–Crippen MR) is 194 cm³/mol. The average molecular weight is 750 g/mol. The van der Waals surface area contributed by atoms with Crippen molar-refractivity contribution in [2.45, 2.75) is 96.8 Å². The third-order valence-corrected chi connectivity index (χ3v) is 10.5. The van der Waals surface area contributed by atoms with E-state index in [-0.39, 0.29) is 66.4 Å². The molecular formula is C40H46F3N5O6. The Morgan fingerprint density at radius 1 is 0.963 bits per heavy atom. The maximum Gasteiger partial charge on any atom is 0.387 e. The van der Waals surface area contributed by atoms with Gasteiger partial charge >= 0.3 is 6.61 Å². The zero-order chi connectivity index (χ0) is 38.4. The fourth-order valence-electron chi connectivity index (χ4n) is 7.58. The van der Waals surface area contributed by atoms with E-state index in [1.807, 2.05) is 13.8 Å². The zero-order valence-electron chi connectivity index (χ0n) is 30.6. The third kappa shape index (κ3) is 9.20. The highest BCUT2D eigenvalue weighted by Gasteiger charge is 2.40. The minimum Gasteiger partial charge on any atom is -0.490 e. The van der Waals surface area contributed by atoms with Crippen molar-refractivity contribution in [3.05, 3.63) is 81.9 Å². The molecule has 3 aromatic rings. The fraction of sp³-hybridized carbons (Fsp3) is 0.475. The van der Waals surface area contributed by atoms with Crippen LogP contribution in [-0.4, -0.2) is 77.3 Å². The fourth-order valence-corrected chi connectivity index (χ4v) is 7.58. The number of aromatic nitrogens is 1. The summed E-state index contributed by atoms with van der Waals surface area (Å²) in [5.74, 6) is -2.01. The van der Waals surface area contributed by atoms with Gasteiger partial charge in [0.1, 0.15) is 11.9 Å². The first-order valence-electron chi connectivity index (χ1n) is 18.6. The van der Waals surface area contributed by atoms with Gasteiger partial charge in [-0.1, -0.05) is 25.3 Å². The number of amides is 4. The zero-order valence-corrected chi connectivity index (χ0v) is 30.6. The quantitative estimate of drug-likeness (QED) is 0.130. The molecule has 11 nitrogen and oxygen atoms in total. The normalized spacial score (nSPS) is 17.9. The molecule has 2 aromatic carbocycles. The van der Waals surface area contributed by atoms with E-state index in [1.165, 1.54) is 29.2 Å². The van der Waals surface area contributed by atoms with Crippen LogP contribution in [0.25, 0.3) is 0 Å². The SMILES string of the molecule is Cc1cncc(C)c1NC(=O)c1ccc(OC(F)F)c(OCCCCCCCN2CCC(c3cc4c(cc3F)C(=O)N(C3CCC(=O)NC3=O)C4)CC2)c1. The first kappa shape index (κ1) is 38.7. The summed E-state index contributed by atoms with van der Waals surface area (Å²) in [6.45, 7) is 3.77. The molecule has 1 unspecified atom stereocenters. The van der Waals surface area contributed by atoms with E-state index in [2.05, 4.69) is 25.3 Å². The predicted octanol–water partition coefficient (Wildman–Crippen LogP) is 6.66. The largest absolute Gasteiger partial charge is 0.490 e. The number of hydrogen-bond acceptors (Lipinski definition) is 8. The number of piperidine rings is 2. The van der Waals surface area contributed by atoms with Crippen molar-refractivity contribution in [2.75, 3.05) is 31.6 Å². The van der Waals surface area contributed by atoms with Gasteiger partial charge in [0.15, 0.2) is 11.5 Å². The Balaban J connectivity index is 0.905. The number of carbonyl (C=O) groups is 4. The molecular weight excluding hydrogens is 703 g/mol. The molecule has 2 N–H and O–H groups in total. The smallest absolute Gasteiger partial charge is 0.387 e. The lowest BCUT2D eigenvalue weighted by molar-refractivity contribution is -0.136. The van der Waals surface area contributed by atoms with Crippen molar-refractivity contribution in [3.8, 4) is 11.5 Å². The Morgan fingerprint density at radius 3 is 2.41 bits per heavy atom. The Labute approximate surface area is 312 Å². The summed E-state index contributed by atoms with van der Waals surface area (Å²) in [4.78, 5) is 57.9. The maximum absolute atomic E-state index is 15.3. The molecule has 0 saturated carbocycles. The topological polar surface area (TPSA) is 130 Å². The van der Waals surface area contributed by atoms with Crippen molar-refractivity contribution in [1.82, 2.24) is 20.1 Å². The van der Waals surface area contributed by atoms with E-state index in [4.69, 9.17) is 4.74 Å². The number of nitrogens with one attached hydrogen (secondary N) is 2. The van der Waals surface area contributed by atoms with Gasteiger partial charge in [-0.05, 0) is 118 Å². The number of unbranched alkanes of at least 4 members (excludes halogenated alkanes) is 4. The number of ether oxygens (including phenoxy) is 2. The highest BCUT2D eigenvalue weighted by Crippen LogP contribution is 2.36. The molecule has 3 aliphatic rings. The number of anilines is 1. The number of rotatable bonds is 15. The first-order valence-corrected chi connectivity index (χ1v) is 18.6. The van der Waals surface area contributed by atoms with Gasteiger partial charge in [0.05, 0.1) is 6.61 Å². The first-order chi connectivity index (χ1) is 26.0. The van der Waals surface area contributed by atoms with E-state index in [0.29, 0.717) is 17.7 Å². The summed E-state index contributed by atoms with van der Waals surface area (Å²) in [6, 6.07) is 6.53. The number of benzene rings is 2. The Bertz CT molecular complexity index is 1860. The van der Waals surface area contributed by atoms with Crippen molar-refractivity contribution < 1.29 is 41.8 Å². The molecule has 0 aliphatic carbocycles. The molecule has 4 amide bonds. The van der Waals surface area contributed by atoms with Crippen LogP contribution < -0.4 is 20.1 Å². The van der Waals surface area contributed by atoms with Gasteiger partial charge < -0.3 is 24.6 Å². The van der Waals surface area contributed by atoms with Gasteiger partial charge in [-0.25, -0.2) is 4.39 Å². The Kier molecular flexibility index (Phi) is 12.5. The molecule has 288 valence electrons. The second-order valence-electron chi connectivity index (χ2n) is 14.3. The summed E-state index contributed by atoms with van der Waals surface area (Å²) < 4.78 is 51.9. The monoisotopic (exact) mass is 749 g/mol. The number of imide groups is 1. The molecule has 1 atom stereocenters. The summed E-state index contributed by atoms with van der Waals surface area (Å²) in [7, 11) is 0. The highest BCUT2D eigenvalue weighted by atomic mass is 19.3. The molecule has 4 heterocycles. The maximum atomic E-state index is 15.3. The molecule has 0 spiro atoms. The second kappa shape index (κ2) is 17.4. The van der Waals surface area contributed by atoms with Gasteiger partial charge in [-0.2, -0.15) is 8.78 Å². The van der Waals surface area contributed by atoms with Gasteiger partial charge in [0.2, 0.25) is 11.8 Å². The van der Waals surface area contributed by atoms with Crippen LogP contribution in [0.4, 0.5) is 18.9 Å². The van der Waals surface area contributed by atoms with E-state index < -0.39 is 30.3 Å². The number of aryl methyl sites for hydroxylation is 2. The summed E-state index contributed by atoms with van der Waals surface area (Å²) in [6.07, 6.45) is 9.93. The number of halogens is 3. The van der Waals surface area contributed by atoms with E-state index in [9.17, 15) is 28.0 Å². The number of pyridine rings is 1.